The van der Waals surface area contributed by atoms with Crippen LogP contribution >= 0.6 is 0 Å². The molecule has 0 bridgehead atoms. The number of aromatic nitrogens is 4. The summed E-state index contributed by atoms with van der Waals surface area (Å²) in [6, 6.07) is 29.8. The molecule has 0 aliphatic carbocycles. The summed E-state index contributed by atoms with van der Waals surface area (Å²) in [7, 11) is -2.10. The predicted molar refractivity (Wildman–Crippen MR) is 190 cm³/mol. The number of imide groups is 2. The van der Waals surface area contributed by atoms with Gasteiger partial charge in [-0.25, -0.2) is 9.80 Å². The van der Waals surface area contributed by atoms with Gasteiger partial charge in [-0.1, -0.05) is 47.7 Å². The Labute approximate surface area is 291 Å². The molecule has 0 radical (unpaired) electrons. The number of amides is 4. The maximum atomic E-state index is 12.0. The number of nitrogens with zero attached hydrogens (tertiary/aromatic N) is 6. The maximum absolute atomic E-state index is 12.0. The third-order valence-corrected chi connectivity index (χ3v) is 12.5. The molecule has 6 aromatic rings. The number of hydrogen-bond acceptors (Lipinski definition) is 10. The van der Waals surface area contributed by atoms with Crippen LogP contribution in [0, 0.1) is 0 Å². The fraction of sp³-hybridized carbons (Fsp3) is 0.0526. The van der Waals surface area contributed by atoms with E-state index < -0.39 is 8.07 Å². The van der Waals surface area contributed by atoms with Crippen LogP contribution in [-0.4, -0.2) is 52.1 Å². The molecule has 4 heterocycles. The summed E-state index contributed by atoms with van der Waals surface area (Å²) in [5.41, 5.74) is 3.83. The van der Waals surface area contributed by atoms with E-state index in [-0.39, 0.29) is 23.6 Å². The summed E-state index contributed by atoms with van der Waals surface area (Å²) >= 11 is 0. The van der Waals surface area contributed by atoms with Crippen LogP contribution in [0.4, 0.5) is 11.4 Å². The molecule has 4 amide bonds. The van der Waals surface area contributed by atoms with Crippen LogP contribution in [0.2, 0.25) is 13.1 Å². The largest absolute Gasteiger partial charge is 0.416 e. The van der Waals surface area contributed by atoms with Gasteiger partial charge >= 0.3 is 0 Å². The average molecular weight is 691 g/mol. The highest BCUT2D eigenvalue weighted by atomic mass is 28.3. The number of carbonyl (C=O) groups is 4. The second-order valence-electron chi connectivity index (χ2n) is 12.4. The minimum atomic E-state index is -2.10. The molecule has 12 nitrogen and oxygen atoms in total. The van der Waals surface area contributed by atoms with Gasteiger partial charge in [0.2, 0.25) is 23.6 Å². The molecule has 2 aromatic heterocycles. The zero-order valence-corrected chi connectivity index (χ0v) is 28.2. The monoisotopic (exact) mass is 690 g/mol. The molecular weight excluding hydrogens is 665 g/mol. The van der Waals surface area contributed by atoms with E-state index in [0.29, 0.717) is 46.1 Å². The van der Waals surface area contributed by atoms with E-state index in [1.807, 2.05) is 24.3 Å². The second-order valence-corrected chi connectivity index (χ2v) is 16.8. The number of hydrogen-bond donors (Lipinski definition) is 0. The van der Waals surface area contributed by atoms with Crippen LogP contribution < -0.4 is 20.2 Å². The molecule has 2 aliphatic heterocycles. The van der Waals surface area contributed by atoms with E-state index in [1.54, 1.807) is 48.5 Å². The first-order valence-corrected chi connectivity index (χ1v) is 18.9. The summed E-state index contributed by atoms with van der Waals surface area (Å²) in [6.07, 6.45) is 4.98. The first-order chi connectivity index (χ1) is 24.7. The van der Waals surface area contributed by atoms with Gasteiger partial charge in [0.05, 0.1) is 11.4 Å². The van der Waals surface area contributed by atoms with Crippen molar-refractivity contribution in [3.8, 4) is 45.8 Å². The normalized spacial score (nSPS) is 14.4. The molecule has 4 aromatic carbocycles. The highest BCUT2D eigenvalue weighted by Gasteiger charge is 2.28. The molecular formula is C38H26N6O6Si. The van der Waals surface area contributed by atoms with Gasteiger partial charge in [-0.05, 0) is 72.8 Å². The van der Waals surface area contributed by atoms with Crippen molar-refractivity contribution in [3.63, 3.8) is 0 Å². The van der Waals surface area contributed by atoms with Gasteiger partial charge in [-0.3, -0.25) is 19.2 Å². The molecule has 2 aliphatic rings. The average Bonchev–Trinajstić information content (AvgIpc) is 3.97. The zero-order valence-electron chi connectivity index (χ0n) is 27.2. The highest BCUT2D eigenvalue weighted by molar-refractivity contribution is 7.00. The van der Waals surface area contributed by atoms with Crippen LogP contribution in [-0.2, 0) is 19.2 Å². The van der Waals surface area contributed by atoms with Crippen molar-refractivity contribution in [1.82, 2.24) is 20.4 Å². The Kier molecular flexibility index (Phi) is 7.53. The number of benzene rings is 4. The van der Waals surface area contributed by atoms with Gasteiger partial charge < -0.3 is 8.83 Å². The SMILES string of the molecule is C[Si](C)(c1ccc(-c2nnc(-c3ccc(N4C(=O)C=CC4=O)cc3)o2)cc1)c1ccc(-c2nnc(-c3ccc(N4C(=O)C=CC4=O)cc3)o2)cc1. The fourth-order valence-electron chi connectivity index (χ4n) is 5.95. The topological polar surface area (TPSA) is 153 Å². The Bertz CT molecular complexity index is 2210. The summed E-state index contributed by atoms with van der Waals surface area (Å²) < 4.78 is 11.9. The van der Waals surface area contributed by atoms with Gasteiger partial charge in [0.25, 0.3) is 23.6 Å². The summed E-state index contributed by atoms with van der Waals surface area (Å²) in [6.45, 7) is 4.55. The number of carbonyl (C=O) groups excluding carboxylic acids is 4. The van der Waals surface area contributed by atoms with Gasteiger partial charge in [-0.15, -0.1) is 20.4 Å². The Morgan fingerprint density at radius 1 is 0.412 bits per heavy atom. The van der Waals surface area contributed by atoms with E-state index in [9.17, 15) is 19.2 Å². The zero-order chi connectivity index (χ0) is 35.3. The molecule has 0 fully saturated rings. The quantitative estimate of drug-likeness (QED) is 0.161. The van der Waals surface area contributed by atoms with E-state index >= 15 is 0 Å². The smallest absolute Gasteiger partial charge is 0.258 e. The van der Waals surface area contributed by atoms with Crippen molar-refractivity contribution >= 4 is 53.5 Å². The molecule has 0 N–H and O–H groups in total. The first-order valence-electron chi connectivity index (χ1n) is 15.9. The van der Waals surface area contributed by atoms with Gasteiger partial charge in [0.1, 0.15) is 8.07 Å². The minimum absolute atomic E-state index is 0.324. The van der Waals surface area contributed by atoms with Crippen molar-refractivity contribution in [2.24, 2.45) is 0 Å². The lowest BCUT2D eigenvalue weighted by atomic mass is 10.2. The molecule has 0 unspecified atom stereocenters. The van der Waals surface area contributed by atoms with Crippen molar-refractivity contribution in [2.75, 3.05) is 9.80 Å². The molecule has 0 saturated heterocycles. The fourth-order valence-corrected chi connectivity index (χ4v) is 8.29. The standard InChI is InChI=1S/C38H26N6O6Si/c1-51(2,29-15-7-25(8-16-29)37-41-39-35(49-37)23-3-11-27(12-4-23)43-31(45)19-20-32(43)46)30-17-9-26(10-18-30)38-42-40-36(50-38)24-5-13-28(14-6-24)44-33(47)21-22-34(44)48/h3-22H,1-2H3. The third-order valence-electron chi connectivity index (χ3n) is 8.92. The minimum Gasteiger partial charge on any atom is -0.416 e. The number of rotatable bonds is 8. The van der Waals surface area contributed by atoms with Crippen molar-refractivity contribution in [2.45, 2.75) is 13.1 Å². The lowest BCUT2D eigenvalue weighted by Gasteiger charge is -2.24. The predicted octanol–water partition coefficient (Wildman–Crippen LogP) is 4.80. The van der Waals surface area contributed by atoms with Crippen LogP contribution in [0.1, 0.15) is 0 Å². The van der Waals surface area contributed by atoms with E-state index in [0.717, 1.165) is 20.9 Å². The van der Waals surface area contributed by atoms with Crippen molar-refractivity contribution in [1.29, 1.82) is 0 Å². The summed E-state index contributed by atoms with van der Waals surface area (Å²) in [5, 5.41) is 19.3. The Morgan fingerprint density at radius 2 is 0.667 bits per heavy atom. The molecule has 8 rings (SSSR count). The van der Waals surface area contributed by atoms with Crippen LogP contribution in [0.5, 0.6) is 0 Å². The van der Waals surface area contributed by atoms with Gasteiger partial charge in [0, 0.05) is 46.6 Å². The molecule has 0 atom stereocenters. The summed E-state index contributed by atoms with van der Waals surface area (Å²) in [5.74, 6) is -0.115. The molecule has 51 heavy (non-hydrogen) atoms. The van der Waals surface area contributed by atoms with Crippen LogP contribution in [0.25, 0.3) is 45.8 Å². The van der Waals surface area contributed by atoms with Crippen LogP contribution in [0.3, 0.4) is 0 Å². The second kappa shape index (κ2) is 12.2. The Morgan fingerprint density at radius 3 is 0.941 bits per heavy atom. The molecule has 13 heteroatoms. The van der Waals surface area contributed by atoms with Crippen molar-refractivity contribution in [3.05, 3.63) is 121 Å². The molecule has 0 spiro atoms. The van der Waals surface area contributed by atoms with E-state index in [1.165, 1.54) is 34.7 Å². The lowest BCUT2D eigenvalue weighted by molar-refractivity contribution is -0.121. The Balaban J connectivity index is 0.939. The third kappa shape index (κ3) is 5.70. The first kappa shape index (κ1) is 31.4. The molecule has 0 saturated carbocycles. The highest BCUT2D eigenvalue weighted by Crippen LogP contribution is 2.29. The molecule has 248 valence electrons. The van der Waals surface area contributed by atoms with Gasteiger partial charge in [0.15, 0.2) is 0 Å². The summed E-state index contributed by atoms with van der Waals surface area (Å²) in [4.78, 5) is 50.1. The Hall–Kier alpha value is -6.86. The van der Waals surface area contributed by atoms with Crippen molar-refractivity contribution < 1.29 is 28.0 Å². The maximum Gasteiger partial charge on any atom is 0.258 e. The van der Waals surface area contributed by atoms with E-state index in [4.69, 9.17) is 8.83 Å². The van der Waals surface area contributed by atoms with Gasteiger partial charge in [-0.2, -0.15) is 0 Å². The lowest BCUT2D eigenvalue weighted by Crippen LogP contribution is -2.52. The van der Waals surface area contributed by atoms with Crippen LogP contribution in [0.15, 0.2) is 130 Å². The van der Waals surface area contributed by atoms with E-state index in [2.05, 4.69) is 57.8 Å². The number of anilines is 2.